The first-order valence-corrected chi connectivity index (χ1v) is 8.63. The van der Waals surface area contributed by atoms with Gasteiger partial charge in [-0.25, -0.2) is 0 Å². The Labute approximate surface area is 141 Å². The van der Waals surface area contributed by atoms with Gasteiger partial charge in [0.2, 0.25) is 0 Å². The van der Waals surface area contributed by atoms with Gasteiger partial charge in [-0.2, -0.15) is 13.2 Å². The number of hydrogen-bond acceptors (Lipinski definition) is 3. The minimum absolute atomic E-state index is 0.325. The SMILES string of the molecule is O=C(Nc1ccccc1SCC(F)(F)F)c1csc(I)c1. The van der Waals surface area contributed by atoms with Crippen LogP contribution >= 0.6 is 45.7 Å². The standard InChI is InChI=1S/C13H9F3INOS2/c14-13(15,16)7-21-10-4-2-1-3-9(10)18-12(19)8-5-11(17)20-6-8/h1-6H,7H2,(H,18,19). The molecule has 0 fully saturated rings. The molecule has 0 atom stereocenters. The average Bonchev–Trinajstić information content (AvgIpc) is 2.83. The van der Waals surface area contributed by atoms with Gasteiger partial charge in [0.15, 0.2) is 0 Å². The smallest absolute Gasteiger partial charge is 0.321 e. The zero-order valence-electron chi connectivity index (χ0n) is 10.4. The van der Waals surface area contributed by atoms with Gasteiger partial charge in [0.05, 0.1) is 19.9 Å². The number of benzene rings is 1. The van der Waals surface area contributed by atoms with E-state index in [0.29, 0.717) is 27.9 Å². The van der Waals surface area contributed by atoms with Crippen LogP contribution in [0.5, 0.6) is 0 Å². The second-order valence-corrected chi connectivity index (χ2v) is 7.82. The number of hydrogen-bond donors (Lipinski definition) is 1. The zero-order valence-corrected chi connectivity index (χ0v) is 14.2. The number of carbonyl (C=O) groups is 1. The molecule has 112 valence electrons. The van der Waals surface area contributed by atoms with E-state index in [1.807, 2.05) is 0 Å². The molecule has 0 saturated carbocycles. The summed E-state index contributed by atoms with van der Waals surface area (Å²) in [6.45, 7) is 0. The van der Waals surface area contributed by atoms with Crippen molar-refractivity contribution in [1.82, 2.24) is 0 Å². The third kappa shape index (κ3) is 5.19. The van der Waals surface area contributed by atoms with E-state index >= 15 is 0 Å². The van der Waals surface area contributed by atoms with E-state index in [4.69, 9.17) is 0 Å². The quantitative estimate of drug-likeness (QED) is 0.516. The summed E-state index contributed by atoms with van der Waals surface area (Å²) in [6.07, 6.45) is -4.24. The Morgan fingerprint density at radius 2 is 2.05 bits per heavy atom. The predicted molar refractivity (Wildman–Crippen MR) is 88.2 cm³/mol. The van der Waals surface area contributed by atoms with Gasteiger partial charge in [0.1, 0.15) is 0 Å². The van der Waals surface area contributed by atoms with Crippen molar-refractivity contribution in [3.63, 3.8) is 0 Å². The molecule has 1 N–H and O–H groups in total. The molecular weight excluding hydrogens is 434 g/mol. The van der Waals surface area contributed by atoms with Crippen LogP contribution in [-0.4, -0.2) is 17.8 Å². The molecule has 8 heteroatoms. The summed E-state index contributed by atoms with van der Waals surface area (Å²) in [5, 5.41) is 4.36. The van der Waals surface area contributed by atoms with E-state index in [2.05, 4.69) is 27.9 Å². The van der Waals surface area contributed by atoms with Crippen molar-refractivity contribution < 1.29 is 18.0 Å². The fraction of sp³-hybridized carbons (Fsp3) is 0.154. The number of carbonyl (C=O) groups excluding carboxylic acids is 1. The van der Waals surface area contributed by atoms with Gasteiger partial charge in [0, 0.05) is 10.3 Å². The molecule has 1 aromatic heterocycles. The van der Waals surface area contributed by atoms with E-state index in [0.717, 1.165) is 2.88 Å². The topological polar surface area (TPSA) is 29.1 Å². The van der Waals surface area contributed by atoms with Gasteiger partial charge in [-0.1, -0.05) is 12.1 Å². The highest BCUT2D eigenvalue weighted by Crippen LogP contribution is 2.32. The Hall–Kier alpha value is -0.740. The average molecular weight is 443 g/mol. The number of nitrogens with one attached hydrogen (secondary N) is 1. The van der Waals surface area contributed by atoms with Crippen molar-refractivity contribution in [3.05, 3.63) is 44.2 Å². The van der Waals surface area contributed by atoms with Crippen LogP contribution < -0.4 is 5.32 Å². The second-order valence-electron chi connectivity index (χ2n) is 3.99. The van der Waals surface area contributed by atoms with Gasteiger partial charge in [-0.3, -0.25) is 4.79 Å². The number of amides is 1. The van der Waals surface area contributed by atoms with Gasteiger partial charge < -0.3 is 5.32 Å². The molecule has 2 aromatic rings. The van der Waals surface area contributed by atoms with E-state index in [9.17, 15) is 18.0 Å². The molecule has 0 aliphatic heterocycles. The Morgan fingerprint density at radius 1 is 1.33 bits per heavy atom. The lowest BCUT2D eigenvalue weighted by molar-refractivity contribution is -0.105. The summed E-state index contributed by atoms with van der Waals surface area (Å²) in [7, 11) is 0. The number of thiophene rings is 1. The number of rotatable bonds is 4. The Bertz CT molecular complexity index is 642. The molecule has 0 saturated heterocycles. The van der Waals surface area contributed by atoms with Gasteiger partial charge in [-0.05, 0) is 40.8 Å². The molecule has 1 heterocycles. The first-order chi connectivity index (χ1) is 9.85. The van der Waals surface area contributed by atoms with Gasteiger partial charge in [0.25, 0.3) is 5.91 Å². The summed E-state index contributed by atoms with van der Waals surface area (Å²) in [5.74, 6) is -1.31. The molecule has 0 radical (unpaired) electrons. The molecule has 0 aliphatic rings. The van der Waals surface area contributed by atoms with E-state index in [1.165, 1.54) is 11.3 Å². The van der Waals surface area contributed by atoms with Crippen molar-refractivity contribution >= 4 is 57.3 Å². The fourth-order valence-corrected chi connectivity index (χ4v) is 3.57. The number of para-hydroxylation sites is 1. The Kier molecular flexibility index (Phi) is 5.55. The van der Waals surface area contributed by atoms with Crippen LogP contribution in [0.15, 0.2) is 40.6 Å². The summed E-state index contributed by atoms with van der Waals surface area (Å²) in [5.41, 5.74) is 0.887. The van der Waals surface area contributed by atoms with Gasteiger partial charge in [-0.15, -0.1) is 23.1 Å². The first kappa shape index (κ1) is 16.6. The number of anilines is 1. The van der Waals surface area contributed by atoms with Crippen LogP contribution in [0.3, 0.4) is 0 Å². The Morgan fingerprint density at radius 3 is 2.67 bits per heavy atom. The maximum atomic E-state index is 12.3. The summed E-state index contributed by atoms with van der Waals surface area (Å²) in [4.78, 5) is 12.4. The molecule has 1 amide bonds. The molecule has 2 nitrogen and oxygen atoms in total. The maximum Gasteiger partial charge on any atom is 0.398 e. The molecular formula is C13H9F3INOS2. The molecule has 1 aromatic carbocycles. The van der Waals surface area contributed by atoms with Gasteiger partial charge >= 0.3 is 6.18 Å². The monoisotopic (exact) mass is 443 g/mol. The van der Waals surface area contributed by atoms with Crippen molar-refractivity contribution in [2.45, 2.75) is 11.1 Å². The van der Waals surface area contributed by atoms with Crippen LogP contribution in [0.1, 0.15) is 10.4 Å². The van der Waals surface area contributed by atoms with Crippen LogP contribution in [-0.2, 0) is 0 Å². The van der Waals surface area contributed by atoms with Crippen molar-refractivity contribution in [3.8, 4) is 0 Å². The lowest BCUT2D eigenvalue weighted by Crippen LogP contribution is -2.13. The lowest BCUT2D eigenvalue weighted by atomic mass is 10.3. The van der Waals surface area contributed by atoms with Crippen LogP contribution in [0, 0.1) is 2.88 Å². The van der Waals surface area contributed by atoms with Crippen LogP contribution in [0.25, 0.3) is 0 Å². The molecule has 0 unspecified atom stereocenters. The van der Waals surface area contributed by atoms with Crippen LogP contribution in [0.2, 0.25) is 0 Å². The highest BCUT2D eigenvalue weighted by molar-refractivity contribution is 14.1. The number of halogens is 4. The predicted octanol–water partition coefficient (Wildman–Crippen LogP) is 5.26. The van der Waals surface area contributed by atoms with E-state index in [1.54, 1.807) is 35.7 Å². The lowest BCUT2D eigenvalue weighted by Gasteiger charge is -2.11. The molecule has 0 bridgehead atoms. The van der Waals surface area contributed by atoms with E-state index in [-0.39, 0.29) is 5.91 Å². The number of alkyl halides is 3. The van der Waals surface area contributed by atoms with E-state index < -0.39 is 11.9 Å². The highest BCUT2D eigenvalue weighted by Gasteiger charge is 2.27. The highest BCUT2D eigenvalue weighted by atomic mass is 127. The Balaban J connectivity index is 2.11. The maximum absolute atomic E-state index is 12.3. The van der Waals surface area contributed by atoms with Crippen molar-refractivity contribution in [2.75, 3.05) is 11.1 Å². The second kappa shape index (κ2) is 7.01. The summed E-state index contributed by atoms with van der Waals surface area (Å²) in [6, 6.07) is 8.19. The van der Waals surface area contributed by atoms with Crippen molar-refractivity contribution in [2.24, 2.45) is 0 Å². The zero-order chi connectivity index (χ0) is 15.5. The first-order valence-electron chi connectivity index (χ1n) is 5.69. The number of thioether (sulfide) groups is 1. The molecule has 21 heavy (non-hydrogen) atoms. The normalized spacial score (nSPS) is 11.4. The fourth-order valence-electron chi connectivity index (χ4n) is 1.48. The molecule has 0 spiro atoms. The third-order valence-corrected chi connectivity index (χ3v) is 5.28. The largest absolute Gasteiger partial charge is 0.398 e. The minimum Gasteiger partial charge on any atom is -0.321 e. The molecule has 0 aliphatic carbocycles. The summed E-state index contributed by atoms with van der Waals surface area (Å²) < 4.78 is 37.9. The molecule has 2 rings (SSSR count). The summed E-state index contributed by atoms with van der Waals surface area (Å²) >= 11 is 4.19. The van der Waals surface area contributed by atoms with Crippen LogP contribution in [0.4, 0.5) is 18.9 Å². The third-order valence-electron chi connectivity index (χ3n) is 2.36. The van der Waals surface area contributed by atoms with Crippen molar-refractivity contribution in [1.29, 1.82) is 0 Å². The minimum atomic E-state index is -4.24.